The van der Waals surface area contributed by atoms with Crippen molar-refractivity contribution >= 4 is 22.8 Å². The van der Waals surface area contributed by atoms with Gasteiger partial charge >= 0.3 is 0 Å². The van der Waals surface area contributed by atoms with Gasteiger partial charge in [-0.1, -0.05) is 13.8 Å². The van der Waals surface area contributed by atoms with Crippen LogP contribution in [0.3, 0.4) is 0 Å². The van der Waals surface area contributed by atoms with E-state index in [0.717, 1.165) is 0 Å². The summed E-state index contributed by atoms with van der Waals surface area (Å²) in [6.07, 6.45) is 0.657. The second-order valence-electron chi connectivity index (χ2n) is 5.96. The molecule has 0 unspecified atom stereocenters. The SMILES string of the molecule is CC(C)C[C@@H]1C(=O)NCCN1C(=O)c1ccc2n[nH]nc2c1. The molecule has 1 fully saturated rings. The van der Waals surface area contributed by atoms with Crippen molar-refractivity contribution < 1.29 is 9.59 Å². The number of amides is 2. The van der Waals surface area contributed by atoms with Crippen LogP contribution in [0.15, 0.2) is 18.2 Å². The highest BCUT2D eigenvalue weighted by atomic mass is 16.2. The number of benzene rings is 1. The van der Waals surface area contributed by atoms with Gasteiger partial charge in [-0.15, -0.1) is 0 Å². The molecule has 2 heterocycles. The summed E-state index contributed by atoms with van der Waals surface area (Å²) >= 11 is 0. The van der Waals surface area contributed by atoms with Crippen molar-refractivity contribution in [1.82, 2.24) is 25.6 Å². The van der Waals surface area contributed by atoms with Gasteiger partial charge in [0.15, 0.2) is 0 Å². The Kier molecular flexibility index (Phi) is 3.79. The van der Waals surface area contributed by atoms with Gasteiger partial charge in [-0.3, -0.25) is 9.59 Å². The van der Waals surface area contributed by atoms with Crippen molar-refractivity contribution in [2.45, 2.75) is 26.3 Å². The van der Waals surface area contributed by atoms with Gasteiger partial charge in [-0.25, -0.2) is 0 Å². The molecule has 1 aromatic carbocycles. The van der Waals surface area contributed by atoms with Crippen LogP contribution in [0.25, 0.3) is 11.0 Å². The van der Waals surface area contributed by atoms with E-state index in [1.165, 1.54) is 0 Å². The van der Waals surface area contributed by atoms with E-state index >= 15 is 0 Å². The van der Waals surface area contributed by atoms with Crippen molar-refractivity contribution in [2.75, 3.05) is 13.1 Å². The number of nitrogens with zero attached hydrogens (tertiary/aromatic N) is 3. The smallest absolute Gasteiger partial charge is 0.254 e. The molecule has 2 amide bonds. The van der Waals surface area contributed by atoms with E-state index in [0.29, 0.717) is 42.0 Å². The normalized spacial score (nSPS) is 18.8. The van der Waals surface area contributed by atoms with Crippen LogP contribution in [0.4, 0.5) is 0 Å². The number of fused-ring (bicyclic) bond motifs is 1. The lowest BCUT2D eigenvalue weighted by atomic mass is 9.99. The van der Waals surface area contributed by atoms with E-state index in [9.17, 15) is 9.59 Å². The van der Waals surface area contributed by atoms with Crippen LogP contribution >= 0.6 is 0 Å². The fraction of sp³-hybridized carbons (Fsp3) is 0.467. The van der Waals surface area contributed by atoms with Crippen LogP contribution in [-0.2, 0) is 4.79 Å². The van der Waals surface area contributed by atoms with Gasteiger partial charge in [0.2, 0.25) is 5.91 Å². The van der Waals surface area contributed by atoms with Gasteiger partial charge in [-0.05, 0) is 30.5 Å². The highest BCUT2D eigenvalue weighted by Crippen LogP contribution is 2.19. The Labute approximate surface area is 128 Å². The first-order valence-corrected chi connectivity index (χ1v) is 7.45. The maximum absolute atomic E-state index is 12.8. The summed E-state index contributed by atoms with van der Waals surface area (Å²) in [4.78, 5) is 26.6. The zero-order valence-corrected chi connectivity index (χ0v) is 12.7. The first kappa shape index (κ1) is 14.5. The van der Waals surface area contributed by atoms with Crippen LogP contribution in [0.5, 0.6) is 0 Å². The standard InChI is InChI=1S/C15H19N5O2/c1-9(2)7-13-14(21)16-5-6-20(13)15(22)10-3-4-11-12(8-10)18-19-17-11/h3-4,8-9,13H,5-7H2,1-2H3,(H,16,21)(H,17,18,19)/t13-/m1/s1. The monoisotopic (exact) mass is 301 g/mol. The van der Waals surface area contributed by atoms with E-state index < -0.39 is 6.04 Å². The van der Waals surface area contributed by atoms with Crippen molar-refractivity contribution in [2.24, 2.45) is 5.92 Å². The Morgan fingerprint density at radius 3 is 2.91 bits per heavy atom. The molecule has 0 bridgehead atoms. The Morgan fingerprint density at radius 1 is 1.36 bits per heavy atom. The summed E-state index contributed by atoms with van der Waals surface area (Å²) in [5.74, 6) is 0.128. The van der Waals surface area contributed by atoms with E-state index in [1.807, 2.05) is 13.8 Å². The molecule has 0 aliphatic carbocycles. The third-order valence-corrected chi connectivity index (χ3v) is 3.85. The molecule has 1 aliphatic heterocycles. The molecule has 22 heavy (non-hydrogen) atoms. The minimum Gasteiger partial charge on any atom is -0.353 e. The lowest BCUT2D eigenvalue weighted by molar-refractivity contribution is -0.128. The number of carbonyl (C=O) groups is 2. The summed E-state index contributed by atoms with van der Waals surface area (Å²) in [6, 6.07) is 4.79. The molecule has 2 N–H and O–H groups in total. The summed E-state index contributed by atoms with van der Waals surface area (Å²) in [5, 5.41) is 13.4. The van der Waals surface area contributed by atoms with Crippen molar-refractivity contribution in [1.29, 1.82) is 0 Å². The molecule has 3 rings (SSSR count). The van der Waals surface area contributed by atoms with E-state index in [2.05, 4.69) is 20.7 Å². The number of hydrogen-bond donors (Lipinski definition) is 2. The fourth-order valence-electron chi connectivity index (χ4n) is 2.78. The van der Waals surface area contributed by atoms with Crippen LogP contribution in [-0.4, -0.2) is 51.3 Å². The average molecular weight is 301 g/mol. The highest BCUT2D eigenvalue weighted by molar-refractivity contribution is 6.00. The number of aromatic nitrogens is 3. The van der Waals surface area contributed by atoms with Crippen molar-refractivity contribution in [3.63, 3.8) is 0 Å². The van der Waals surface area contributed by atoms with Gasteiger partial charge in [0, 0.05) is 18.7 Å². The van der Waals surface area contributed by atoms with Crippen LogP contribution in [0.2, 0.25) is 0 Å². The van der Waals surface area contributed by atoms with Gasteiger partial charge in [0.1, 0.15) is 17.1 Å². The number of aromatic amines is 1. The second kappa shape index (κ2) is 5.75. The number of nitrogens with one attached hydrogen (secondary N) is 2. The summed E-state index contributed by atoms with van der Waals surface area (Å²) in [6.45, 7) is 5.11. The van der Waals surface area contributed by atoms with Crippen molar-refractivity contribution in [3.8, 4) is 0 Å². The Balaban J connectivity index is 1.89. The Hall–Kier alpha value is -2.44. The Bertz CT molecular complexity index is 709. The molecule has 7 heteroatoms. The number of piperazine rings is 1. The van der Waals surface area contributed by atoms with Gasteiger partial charge in [0.05, 0.1) is 0 Å². The topological polar surface area (TPSA) is 91.0 Å². The van der Waals surface area contributed by atoms with Crippen LogP contribution < -0.4 is 5.32 Å². The lowest BCUT2D eigenvalue weighted by Gasteiger charge is -2.36. The van der Waals surface area contributed by atoms with E-state index in [-0.39, 0.29) is 11.8 Å². The molecule has 1 aromatic heterocycles. The predicted octanol–water partition coefficient (Wildman–Crippen LogP) is 0.945. The van der Waals surface area contributed by atoms with Crippen LogP contribution in [0.1, 0.15) is 30.6 Å². The zero-order chi connectivity index (χ0) is 15.7. The minimum atomic E-state index is -0.408. The molecule has 0 spiro atoms. The average Bonchev–Trinajstić information content (AvgIpc) is 2.95. The molecular formula is C15H19N5O2. The second-order valence-corrected chi connectivity index (χ2v) is 5.96. The van der Waals surface area contributed by atoms with Crippen molar-refractivity contribution in [3.05, 3.63) is 23.8 Å². The molecule has 2 aromatic rings. The van der Waals surface area contributed by atoms with E-state index in [4.69, 9.17) is 0 Å². The largest absolute Gasteiger partial charge is 0.353 e. The highest BCUT2D eigenvalue weighted by Gasteiger charge is 2.33. The number of H-pyrrole nitrogens is 1. The summed E-state index contributed by atoms with van der Waals surface area (Å²) < 4.78 is 0. The molecule has 1 saturated heterocycles. The van der Waals surface area contributed by atoms with Gasteiger partial charge in [0.25, 0.3) is 5.91 Å². The van der Waals surface area contributed by atoms with Gasteiger partial charge < -0.3 is 10.2 Å². The first-order chi connectivity index (χ1) is 10.6. The number of carbonyl (C=O) groups excluding carboxylic acids is 2. The van der Waals surface area contributed by atoms with Gasteiger partial charge in [-0.2, -0.15) is 15.4 Å². The maximum atomic E-state index is 12.8. The Morgan fingerprint density at radius 2 is 2.14 bits per heavy atom. The lowest BCUT2D eigenvalue weighted by Crippen LogP contribution is -2.57. The first-order valence-electron chi connectivity index (χ1n) is 7.45. The zero-order valence-electron chi connectivity index (χ0n) is 12.7. The fourth-order valence-corrected chi connectivity index (χ4v) is 2.78. The quantitative estimate of drug-likeness (QED) is 0.883. The third-order valence-electron chi connectivity index (χ3n) is 3.85. The molecule has 1 atom stereocenters. The number of hydrogen-bond acceptors (Lipinski definition) is 4. The molecule has 7 nitrogen and oxygen atoms in total. The maximum Gasteiger partial charge on any atom is 0.254 e. The molecule has 116 valence electrons. The number of rotatable bonds is 3. The predicted molar refractivity (Wildman–Crippen MR) is 81.2 cm³/mol. The summed E-state index contributed by atoms with van der Waals surface area (Å²) in [5.41, 5.74) is 1.89. The molecule has 1 aliphatic rings. The minimum absolute atomic E-state index is 0.0733. The van der Waals surface area contributed by atoms with Crippen LogP contribution in [0, 0.1) is 5.92 Å². The van der Waals surface area contributed by atoms with E-state index in [1.54, 1.807) is 23.1 Å². The molecule has 0 saturated carbocycles. The molecule has 0 radical (unpaired) electrons. The molecular weight excluding hydrogens is 282 g/mol. The summed E-state index contributed by atoms with van der Waals surface area (Å²) in [7, 11) is 0. The third kappa shape index (κ3) is 2.66.